The minimum absolute atomic E-state index is 0.0499. The number of anilines is 1. The molecular formula is C49H67F3N10O8. The number of hydrogen-bond donors (Lipinski definition) is 5. The van der Waals surface area contributed by atoms with Gasteiger partial charge in [0.25, 0.3) is 0 Å². The predicted molar refractivity (Wildman–Crippen MR) is 252 cm³/mol. The molecule has 382 valence electrons. The molecular weight excluding hydrogens is 914 g/mol. The van der Waals surface area contributed by atoms with E-state index in [1.807, 2.05) is 11.0 Å². The van der Waals surface area contributed by atoms with Crippen LogP contribution in [0.4, 0.5) is 19.0 Å². The lowest BCUT2D eigenvalue weighted by Gasteiger charge is -2.45. The van der Waals surface area contributed by atoms with Crippen LogP contribution in [0.15, 0.2) is 49.1 Å². The minimum Gasteiger partial charge on any atom is -0.379 e. The first-order valence-corrected chi connectivity index (χ1v) is 24.6. The average Bonchev–Trinajstić information content (AvgIpc) is 3.92. The number of carbonyl (C=O) groups is 5. The number of hydrogen-bond acceptors (Lipinski definition) is 13. The average molecular weight is 981 g/mol. The van der Waals surface area contributed by atoms with E-state index in [2.05, 4.69) is 67.3 Å². The molecule has 2 saturated heterocycles. The molecule has 0 bridgehead atoms. The fraction of sp³-hybridized carbons (Fsp3) is 0.633. The van der Waals surface area contributed by atoms with Crippen molar-refractivity contribution >= 4 is 46.3 Å². The SMILES string of the molecule is CC(C)N(C)[C@@H]1CC[C@H](N2CC[C@H](Nc3ncnc4ccc(C(F)(F)F)cc34)C2=O)[C@H](NC(=O)[C@H]2CC[C@@H](NC(=O)CCOCCOCCOCCNC(=O)[C@H]3CC(=O)N[C@@H]3c3cccnc3)CC2)C1. The van der Waals surface area contributed by atoms with E-state index in [0.717, 1.165) is 24.1 Å². The molecule has 5 amide bonds. The molecule has 6 atom stereocenters. The zero-order valence-corrected chi connectivity index (χ0v) is 40.2. The number of alkyl halides is 3. The maximum atomic E-state index is 14.1. The standard InChI is InChI=1S/C49H67F3N10O8/c1-30(2)61(3)35-11-13-41(62-18-14-39(48(62)67)58-45-36-25-33(49(50,51)52)8-12-38(36)55-29-56-45)40(26-35)59-46(65)31-6-9-34(10-7-31)57-42(63)15-19-68-21-23-70-24-22-69-20-17-54-47(66)37-27-43(64)60-44(37)32-5-4-16-53-28-32/h4-5,8,12,16,25,28-31,34-35,37,39-41,44H,6-7,9-11,13-15,17-24,26-27H2,1-3H3,(H,54,66)(H,57,63)(H,59,65)(H,60,64)(H,55,56,58)/t31-,34+,35-,37+,39+,40-,41+,44-/m1/s1. The number of aromatic nitrogens is 3. The summed E-state index contributed by atoms with van der Waals surface area (Å²) >= 11 is 0. The summed E-state index contributed by atoms with van der Waals surface area (Å²) in [4.78, 5) is 82.1. The van der Waals surface area contributed by atoms with Crippen molar-refractivity contribution < 1.29 is 51.4 Å². The van der Waals surface area contributed by atoms with Gasteiger partial charge in [0.2, 0.25) is 29.5 Å². The Labute approximate surface area is 406 Å². The van der Waals surface area contributed by atoms with Crippen LogP contribution in [-0.4, -0.2) is 150 Å². The lowest BCUT2D eigenvalue weighted by molar-refractivity contribution is -0.137. The molecule has 7 rings (SSSR count). The maximum Gasteiger partial charge on any atom is 0.416 e. The van der Waals surface area contributed by atoms with Gasteiger partial charge in [-0.3, -0.25) is 29.0 Å². The normalized spacial score (nSPS) is 25.1. The Bertz CT molecular complexity index is 2250. The van der Waals surface area contributed by atoms with Crippen molar-refractivity contribution in [3.05, 3.63) is 60.2 Å². The molecule has 3 aromatic rings. The second kappa shape index (κ2) is 24.6. The van der Waals surface area contributed by atoms with Crippen LogP contribution in [0.2, 0.25) is 0 Å². The summed E-state index contributed by atoms with van der Waals surface area (Å²) in [6.45, 7) is 6.81. The Morgan fingerprint density at radius 1 is 0.900 bits per heavy atom. The number of ether oxygens (including phenoxy) is 3. The van der Waals surface area contributed by atoms with Crippen molar-refractivity contribution in [2.75, 3.05) is 65.1 Å². The Hall–Kier alpha value is -5.51. The largest absolute Gasteiger partial charge is 0.416 e. The first-order valence-electron chi connectivity index (χ1n) is 24.6. The summed E-state index contributed by atoms with van der Waals surface area (Å²) in [6.07, 6.45) is 5.47. The molecule has 2 aliphatic heterocycles. The second-order valence-corrected chi connectivity index (χ2v) is 19.0. The van der Waals surface area contributed by atoms with Crippen molar-refractivity contribution in [1.82, 2.24) is 46.0 Å². The van der Waals surface area contributed by atoms with Gasteiger partial charge < -0.3 is 50.6 Å². The van der Waals surface area contributed by atoms with Crippen LogP contribution in [0, 0.1) is 11.8 Å². The number of rotatable bonds is 22. The molecule has 0 spiro atoms. The smallest absolute Gasteiger partial charge is 0.379 e. The summed E-state index contributed by atoms with van der Waals surface area (Å²) < 4.78 is 57.5. The quantitative estimate of drug-likeness (QED) is 0.0904. The van der Waals surface area contributed by atoms with Crippen molar-refractivity contribution in [3.8, 4) is 0 Å². The molecule has 2 aromatic heterocycles. The topological polar surface area (TPSA) is 218 Å². The zero-order chi connectivity index (χ0) is 49.8. The molecule has 21 heteroatoms. The van der Waals surface area contributed by atoms with Gasteiger partial charge in [0.1, 0.15) is 18.2 Å². The molecule has 2 saturated carbocycles. The molecule has 0 radical (unpaired) electrons. The van der Waals surface area contributed by atoms with Crippen molar-refractivity contribution in [2.45, 2.75) is 127 Å². The number of nitrogens with zero attached hydrogens (tertiary/aromatic N) is 5. The highest BCUT2D eigenvalue weighted by molar-refractivity contribution is 5.93. The van der Waals surface area contributed by atoms with Gasteiger partial charge in [0.05, 0.1) is 74.8 Å². The minimum atomic E-state index is -4.55. The van der Waals surface area contributed by atoms with E-state index in [0.29, 0.717) is 96.6 Å². The van der Waals surface area contributed by atoms with Gasteiger partial charge in [-0.1, -0.05) is 6.07 Å². The van der Waals surface area contributed by atoms with E-state index in [9.17, 15) is 37.1 Å². The summed E-state index contributed by atoms with van der Waals surface area (Å²) in [5.74, 6) is -1.34. The molecule has 0 unspecified atom stereocenters. The third-order valence-electron chi connectivity index (χ3n) is 14.1. The number of nitrogens with one attached hydrogen (secondary N) is 5. The summed E-state index contributed by atoms with van der Waals surface area (Å²) in [5.41, 5.74) is 0.288. The van der Waals surface area contributed by atoms with Crippen LogP contribution in [0.1, 0.15) is 95.2 Å². The van der Waals surface area contributed by atoms with Crippen LogP contribution >= 0.6 is 0 Å². The number of carbonyl (C=O) groups excluding carboxylic acids is 5. The van der Waals surface area contributed by atoms with Crippen LogP contribution in [0.25, 0.3) is 10.9 Å². The summed E-state index contributed by atoms with van der Waals surface area (Å²) in [6, 6.07) is 5.65. The maximum absolute atomic E-state index is 14.1. The van der Waals surface area contributed by atoms with Gasteiger partial charge in [-0.05, 0) is 102 Å². The fourth-order valence-corrected chi connectivity index (χ4v) is 10.1. The highest BCUT2D eigenvalue weighted by atomic mass is 19.4. The van der Waals surface area contributed by atoms with E-state index in [4.69, 9.17) is 14.2 Å². The van der Waals surface area contributed by atoms with Crippen LogP contribution in [0.5, 0.6) is 0 Å². The van der Waals surface area contributed by atoms with E-state index in [1.54, 1.807) is 18.5 Å². The Morgan fingerprint density at radius 2 is 1.64 bits per heavy atom. The lowest BCUT2D eigenvalue weighted by atomic mass is 9.82. The summed E-state index contributed by atoms with van der Waals surface area (Å²) in [7, 11) is 2.08. The molecule has 2 aliphatic carbocycles. The number of pyridine rings is 1. The highest BCUT2D eigenvalue weighted by Gasteiger charge is 2.44. The van der Waals surface area contributed by atoms with Crippen molar-refractivity contribution in [3.63, 3.8) is 0 Å². The number of benzene rings is 1. The van der Waals surface area contributed by atoms with Crippen molar-refractivity contribution in [1.29, 1.82) is 0 Å². The molecule has 4 heterocycles. The zero-order valence-electron chi connectivity index (χ0n) is 40.2. The molecule has 70 heavy (non-hydrogen) atoms. The van der Waals surface area contributed by atoms with Gasteiger partial charge in [-0.25, -0.2) is 9.97 Å². The molecule has 4 aliphatic rings. The summed E-state index contributed by atoms with van der Waals surface area (Å²) in [5, 5.41) is 15.4. The van der Waals surface area contributed by atoms with E-state index in [1.165, 1.54) is 12.4 Å². The molecule has 4 fully saturated rings. The third-order valence-corrected chi connectivity index (χ3v) is 14.1. The van der Waals surface area contributed by atoms with E-state index >= 15 is 0 Å². The van der Waals surface area contributed by atoms with Crippen molar-refractivity contribution in [2.24, 2.45) is 11.8 Å². The fourth-order valence-electron chi connectivity index (χ4n) is 10.1. The highest BCUT2D eigenvalue weighted by Crippen LogP contribution is 2.35. The van der Waals surface area contributed by atoms with Crippen LogP contribution < -0.4 is 26.6 Å². The monoisotopic (exact) mass is 981 g/mol. The Balaban J connectivity index is 0.775. The molecule has 18 nitrogen and oxygen atoms in total. The number of amides is 5. The van der Waals surface area contributed by atoms with Crippen LogP contribution in [-0.2, 0) is 44.4 Å². The third kappa shape index (κ3) is 13.9. The van der Waals surface area contributed by atoms with Crippen LogP contribution in [0.3, 0.4) is 0 Å². The van der Waals surface area contributed by atoms with Gasteiger partial charge in [0.15, 0.2) is 0 Å². The Kier molecular flexibility index (Phi) is 18.3. The van der Waals surface area contributed by atoms with E-state index < -0.39 is 29.7 Å². The Morgan fingerprint density at radius 3 is 2.36 bits per heavy atom. The number of fused-ring (bicyclic) bond motifs is 1. The van der Waals surface area contributed by atoms with E-state index in [-0.39, 0.29) is 96.3 Å². The molecule has 5 N–H and O–H groups in total. The molecule has 1 aromatic carbocycles. The lowest BCUT2D eigenvalue weighted by Crippen LogP contribution is -2.59. The van der Waals surface area contributed by atoms with Gasteiger partial charge >= 0.3 is 6.18 Å². The van der Waals surface area contributed by atoms with Gasteiger partial charge in [-0.2, -0.15) is 13.2 Å². The van der Waals surface area contributed by atoms with Gasteiger partial charge in [-0.15, -0.1) is 0 Å². The number of halogens is 3. The number of likely N-dealkylation sites (tertiary alicyclic amines) is 1. The second-order valence-electron chi connectivity index (χ2n) is 19.0. The predicted octanol–water partition coefficient (Wildman–Crippen LogP) is 3.91. The first-order chi connectivity index (χ1) is 33.7. The van der Waals surface area contributed by atoms with Gasteiger partial charge in [0, 0.05) is 67.8 Å². The first kappa shape index (κ1) is 52.3.